The first-order valence-corrected chi connectivity index (χ1v) is 6.06. The molecular weight excluding hydrogens is 246 g/mol. The predicted molar refractivity (Wildman–Crippen MR) is 74.0 cm³/mol. The number of nitrogen functional groups attached to an aromatic ring is 1. The molecular formula is C13H19N3O3. The number of nitrogens with two attached hydrogens (primary N) is 1. The number of amides is 1. The number of carboxylic acid groups (broad SMARTS) is 1. The topological polar surface area (TPSA) is 95.7 Å². The van der Waals surface area contributed by atoms with Crippen molar-refractivity contribution in [3.63, 3.8) is 0 Å². The highest BCUT2D eigenvalue weighted by molar-refractivity contribution is 5.78. The summed E-state index contributed by atoms with van der Waals surface area (Å²) in [6.07, 6.45) is 0.931. The van der Waals surface area contributed by atoms with Crippen molar-refractivity contribution >= 4 is 23.3 Å². The molecule has 0 atom stereocenters. The number of carboxylic acids is 1. The van der Waals surface area contributed by atoms with Crippen molar-refractivity contribution < 1.29 is 14.7 Å². The van der Waals surface area contributed by atoms with E-state index in [4.69, 9.17) is 10.8 Å². The third-order valence-electron chi connectivity index (χ3n) is 2.71. The summed E-state index contributed by atoms with van der Waals surface area (Å²) >= 11 is 0. The third kappa shape index (κ3) is 4.87. The van der Waals surface area contributed by atoms with E-state index >= 15 is 0 Å². The number of benzene rings is 1. The third-order valence-corrected chi connectivity index (χ3v) is 2.71. The summed E-state index contributed by atoms with van der Waals surface area (Å²) in [5.74, 6) is -0.987. The molecule has 6 nitrogen and oxygen atoms in total. The first kappa shape index (κ1) is 14.8. The van der Waals surface area contributed by atoms with E-state index in [1.165, 1.54) is 0 Å². The lowest BCUT2D eigenvalue weighted by Gasteiger charge is -2.24. The fourth-order valence-corrected chi connectivity index (χ4v) is 1.78. The number of anilines is 2. The molecule has 0 aliphatic rings. The van der Waals surface area contributed by atoms with Crippen LogP contribution >= 0.6 is 0 Å². The Hall–Kier alpha value is -2.24. The van der Waals surface area contributed by atoms with Crippen LogP contribution in [-0.2, 0) is 9.59 Å². The highest BCUT2D eigenvalue weighted by Gasteiger charge is 2.13. The zero-order chi connectivity index (χ0) is 14.3. The minimum Gasteiger partial charge on any atom is -0.480 e. The van der Waals surface area contributed by atoms with Gasteiger partial charge < -0.3 is 21.1 Å². The van der Waals surface area contributed by atoms with E-state index in [0.717, 1.165) is 0 Å². The van der Waals surface area contributed by atoms with Crippen LogP contribution in [0.25, 0.3) is 0 Å². The summed E-state index contributed by atoms with van der Waals surface area (Å²) in [7, 11) is 1.58. The second-order valence-electron chi connectivity index (χ2n) is 4.15. The maximum Gasteiger partial charge on any atom is 0.323 e. The van der Waals surface area contributed by atoms with Crippen molar-refractivity contribution in [2.45, 2.75) is 12.8 Å². The molecule has 0 fully saturated rings. The summed E-state index contributed by atoms with van der Waals surface area (Å²) < 4.78 is 0. The van der Waals surface area contributed by atoms with Crippen LogP contribution in [0.5, 0.6) is 0 Å². The molecule has 0 aliphatic heterocycles. The second-order valence-corrected chi connectivity index (χ2v) is 4.15. The van der Waals surface area contributed by atoms with E-state index in [-0.39, 0.29) is 12.5 Å². The van der Waals surface area contributed by atoms with E-state index in [9.17, 15) is 9.59 Å². The summed E-state index contributed by atoms with van der Waals surface area (Å²) in [5, 5.41) is 11.5. The van der Waals surface area contributed by atoms with Gasteiger partial charge in [0.05, 0.1) is 11.4 Å². The molecule has 0 unspecified atom stereocenters. The molecule has 0 radical (unpaired) electrons. The van der Waals surface area contributed by atoms with Crippen LogP contribution in [0.3, 0.4) is 0 Å². The molecule has 104 valence electrons. The maximum atomic E-state index is 11.1. The Morgan fingerprint density at radius 1 is 1.37 bits per heavy atom. The normalized spacial score (nSPS) is 9.95. The van der Waals surface area contributed by atoms with E-state index < -0.39 is 5.97 Å². The summed E-state index contributed by atoms with van der Waals surface area (Å²) in [6, 6.07) is 7.10. The molecule has 1 aromatic rings. The average Bonchev–Trinajstić information content (AvgIpc) is 2.37. The number of para-hydroxylation sites is 2. The van der Waals surface area contributed by atoms with Crippen LogP contribution in [0.2, 0.25) is 0 Å². The van der Waals surface area contributed by atoms with Gasteiger partial charge in [-0.25, -0.2) is 0 Å². The number of rotatable bonds is 7. The number of hydrogen-bond donors (Lipinski definition) is 3. The number of nitrogens with one attached hydrogen (secondary N) is 1. The number of carbonyl (C=O) groups is 2. The molecule has 1 amide bonds. The Morgan fingerprint density at radius 3 is 2.63 bits per heavy atom. The molecule has 0 spiro atoms. The molecule has 19 heavy (non-hydrogen) atoms. The Bertz CT molecular complexity index is 449. The van der Waals surface area contributed by atoms with Crippen molar-refractivity contribution in [2.75, 3.05) is 30.8 Å². The van der Waals surface area contributed by atoms with Crippen molar-refractivity contribution in [1.29, 1.82) is 0 Å². The Kier molecular flexibility index (Phi) is 5.66. The first-order valence-electron chi connectivity index (χ1n) is 6.06. The van der Waals surface area contributed by atoms with Gasteiger partial charge >= 0.3 is 5.97 Å². The van der Waals surface area contributed by atoms with Gasteiger partial charge in [0.2, 0.25) is 5.91 Å². The average molecular weight is 265 g/mol. The lowest BCUT2D eigenvalue weighted by Crippen LogP contribution is -2.32. The van der Waals surface area contributed by atoms with Crippen LogP contribution in [-0.4, -0.2) is 37.1 Å². The fourth-order valence-electron chi connectivity index (χ4n) is 1.78. The molecule has 0 saturated carbocycles. The summed E-state index contributed by atoms with van der Waals surface area (Å²) in [5.41, 5.74) is 7.05. The number of hydrogen-bond acceptors (Lipinski definition) is 4. The maximum absolute atomic E-state index is 11.1. The molecule has 1 aromatic carbocycles. The van der Waals surface area contributed by atoms with Gasteiger partial charge in [-0.1, -0.05) is 12.1 Å². The second kappa shape index (κ2) is 7.25. The van der Waals surface area contributed by atoms with Crippen molar-refractivity contribution in [3.05, 3.63) is 24.3 Å². The molecule has 4 N–H and O–H groups in total. The van der Waals surface area contributed by atoms with E-state index in [2.05, 4.69) is 5.32 Å². The van der Waals surface area contributed by atoms with Crippen LogP contribution < -0.4 is 16.0 Å². The predicted octanol–water partition coefficient (Wildman–Crippen LogP) is 0.686. The van der Waals surface area contributed by atoms with Crippen LogP contribution in [0.1, 0.15) is 12.8 Å². The van der Waals surface area contributed by atoms with Crippen molar-refractivity contribution in [1.82, 2.24) is 5.32 Å². The van der Waals surface area contributed by atoms with Gasteiger partial charge in [0.15, 0.2) is 0 Å². The number of aliphatic carboxylic acids is 1. The standard InChI is InChI=1S/C13H19N3O3/c1-15-12(17)7-4-8-16(9-13(18)19)11-6-3-2-5-10(11)14/h2-3,5-6H,4,7-9,14H2,1H3,(H,15,17)(H,18,19). The largest absolute Gasteiger partial charge is 0.480 e. The molecule has 0 aliphatic carbocycles. The number of carbonyl (C=O) groups excluding carboxylic acids is 1. The van der Waals surface area contributed by atoms with Gasteiger partial charge in [-0.3, -0.25) is 9.59 Å². The Labute approximate surface area is 112 Å². The highest BCUT2D eigenvalue weighted by atomic mass is 16.4. The zero-order valence-electron chi connectivity index (χ0n) is 10.9. The van der Waals surface area contributed by atoms with Crippen molar-refractivity contribution in [2.24, 2.45) is 0 Å². The molecule has 1 rings (SSSR count). The summed E-state index contributed by atoms with van der Waals surface area (Å²) in [6.45, 7) is 0.329. The van der Waals surface area contributed by atoms with E-state index in [0.29, 0.717) is 30.8 Å². The Morgan fingerprint density at radius 2 is 2.05 bits per heavy atom. The lowest BCUT2D eigenvalue weighted by molar-refractivity contribution is -0.135. The summed E-state index contributed by atoms with van der Waals surface area (Å²) in [4.78, 5) is 23.7. The quantitative estimate of drug-likeness (QED) is 0.630. The molecule has 0 aromatic heterocycles. The lowest BCUT2D eigenvalue weighted by atomic mass is 10.2. The van der Waals surface area contributed by atoms with Gasteiger partial charge in [0.25, 0.3) is 0 Å². The molecule has 0 heterocycles. The van der Waals surface area contributed by atoms with Gasteiger partial charge in [-0.05, 0) is 18.6 Å². The number of nitrogens with zero attached hydrogens (tertiary/aromatic N) is 1. The van der Waals surface area contributed by atoms with Gasteiger partial charge in [0.1, 0.15) is 6.54 Å². The Balaban J connectivity index is 2.70. The van der Waals surface area contributed by atoms with Crippen LogP contribution in [0.15, 0.2) is 24.3 Å². The molecule has 6 heteroatoms. The minimum absolute atomic E-state index is 0.0590. The fraction of sp³-hybridized carbons (Fsp3) is 0.385. The van der Waals surface area contributed by atoms with E-state index in [1.54, 1.807) is 36.2 Å². The molecule has 0 bridgehead atoms. The van der Waals surface area contributed by atoms with Crippen LogP contribution in [0, 0.1) is 0 Å². The van der Waals surface area contributed by atoms with Gasteiger partial charge in [-0.15, -0.1) is 0 Å². The van der Waals surface area contributed by atoms with E-state index in [1.807, 2.05) is 0 Å². The first-order chi connectivity index (χ1) is 9.04. The van der Waals surface area contributed by atoms with Gasteiger partial charge in [-0.2, -0.15) is 0 Å². The SMILES string of the molecule is CNC(=O)CCCN(CC(=O)O)c1ccccc1N. The zero-order valence-corrected chi connectivity index (χ0v) is 10.9. The highest BCUT2D eigenvalue weighted by Crippen LogP contribution is 2.22. The van der Waals surface area contributed by atoms with Gasteiger partial charge in [0, 0.05) is 20.0 Å². The smallest absolute Gasteiger partial charge is 0.323 e. The van der Waals surface area contributed by atoms with Crippen LogP contribution in [0.4, 0.5) is 11.4 Å². The van der Waals surface area contributed by atoms with Crippen molar-refractivity contribution in [3.8, 4) is 0 Å². The molecule has 0 saturated heterocycles. The minimum atomic E-state index is -0.928. The monoisotopic (exact) mass is 265 g/mol.